The Balaban J connectivity index is 2.31. The first-order chi connectivity index (χ1) is 11.4. The molecule has 0 saturated heterocycles. The Labute approximate surface area is 148 Å². The van der Waals surface area contributed by atoms with Crippen LogP contribution in [0, 0.1) is 11.3 Å². The highest BCUT2D eigenvalue weighted by molar-refractivity contribution is 6.36. The quantitative estimate of drug-likeness (QED) is 0.628. The molecule has 1 amide bonds. The molecule has 0 radical (unpaired) electrons. The molecule has 2 rings (SSSR count). The second-order valence-corrected chi connectivity index (χ2v) is 5.52. The maximum absolute atomic E-state index is 12.2. The van der Waals surface area contributed by atoms with Crippen LogP contribution in [-0.2, 0) is 4.79 Å². The molecule has 0 fully saturated rings. The van der Waals surface area contributed by atoms with Gasteiger partial charge in [0.15, 0.2) is 0 Å². The number of amides is 1. The molecule has 0 aliphatic heterocycles. The van der Waals surface area contributed by atoms with Crippen LogP contribution in [0.4, 0.5) is 5.69 Å². The van der Waals surface area contributed by atoms with E-state index in [1.807, 2.05) is 0 Å². The van der Waals surface area contributed by atoms with Gasteiger partial charge in [-0.3, -0.25) is 4.79 Å². The summed E-state index contributed by atoms with van der Waals surface area (Å²) in [4.78, 5) is 12.2. The molecule has 122 valence electrons. The van der Waals surface area contributed by atoms with Crippen LogP contribution in [0.3, 0.4) is 0 Å². The first-order valence-corrected chi connectivity index (χ1v) is 7.45. The second-order valence-electron chi connectivity index (χ2n) is 4.67. The maximum Gasteiger partial charge on any atom is 0.266 e. The lowest BCUT2D eigenvalue weighted by molar-refractivity contribution is -0.112. The van der Waals surface area contributed by atoms with Gasteiger partial charge in [0.2, 0.25) is 0 Å². The Morgan fingerprint density at radius 2 is 2.04 bits per heavy atom. The van der Waals surface area contributed by atoms with Crippen LogP contribution < -0.4 is 10.1 Å². The lowest BCUT2D eigenvalue weighted by Crippen LogP contribution is -2.13. The van der Waals surface area contributed by atoms with E-state index < -0.39 is 5.91 Å². The summed E-state index contributed by atoms with van der Waals surface area (Å²) in [5.74, 6) is -0.262. The van der Waals surface area contributed by atoms with Crippen molar-refractivity contribution in [3.05, 3.63) is 57.6 Å². The fraction of sp³-hybridized carbons (Fsp3) is 0.0588. The number of hydrogen-bond donors (Lipinski definition) is 2. The topological polar surface area (TPSA) is 82.3 Å². The van der Waals surface area contributed by atoms with Crippen molar-refractivity contribution >= 4 is 40.9 Å². The number of carbonyl (C=O) groups excluding carboxylic acids is 1. The SMILES string of the molecule is COc1ccc(O)c(/C=C(\C#N)C(=O)Nc2ccc(Cl)cc2Cl)c1. The summed E-state index contributed by atoms with van der Waals surface area (Å²) in [6.45, 7) is 0. The van der Waals surface area contributed by atoms with Crippen molar-refractivity contribution in [2.45, 2.75) is 0 Å². The third-order valence-electron chi connectivity index (χ3n) is 3.08. The molecule has 24 heavy (non-hydrogen) atoms. The summed E-state index contributed by atoms with van der Waals surface area (Å²) in [5, 5.41) is 22.3. The van der Waals surface area contributed by atoms with E-state index in [9.17, 15) is 15.2 Å². The van der Waals surface area contributed by atoms with Crippen molar-refractivity contribution in [1.29, 1.82) is 5.26 Å². The van der Waals surface area contributed by atoms with Gasteiger partial charge < -0.3 is 15.2 Å². The molecule has 5 nitrogen and oxygen atoms in total. The monoisotopic (exact) mass is 362 g/mol. The molecule has 0 aromatic heterocycles. The second kappa shape index (κ2) is 7.73. The number of halogens is 2. The molecule has 0 saturated carbocycles. The first kappa shape index (κ1) is 17.7. The summed E-state index contributed by atoms with van der Waals surface area (Å²) in [6, 6.07) is 10.8. The Morgan fingerprint density at radius 1 is 1.29 bits per heavy atom. The summed E-state index contributed by atoms with van der Waals surface area (Å²) in [5.41, 5.74) is 0.398. The van der Waals surface area contributed by atoms with E-state index in [-0.39, 0.29) is 21.9 Å². The average molecular weight is 363 g/mol. The number of hydrogen-bond acceptors (Lipinski definition) is 4. The van der Waals surface area contributed by atoms with Crippen molar-refractivity contribution in [3.63, 3.8) is 0 Å². The average Bonchev–Trinajstić information content (AvgIpc) is 2.56. The number of carbonyl (C=O) groups is 1. The fourth-order valence-electron chi connectivity index (χ4n) is 1.86. The summed E-state index contributed by atoms with van der Waals surface area (Å²) >= 11 is 11.8. The summed E-state index contributed by atoms with van der Waals surface area (Å²) in [7, 11) is 1.47. The number of nitriles is 1. The zero-order valence-corrected chi connectivity index (χ0v) is 14.0. The molecule has 2 N–H and O–H groups in total. The van der Waals surface area contributed by atoms with Crippen molar-refractivity contribution in [2.75, 3.05) is 12.4 Å². The predicted octanol–water partition coefficient (Wildman–Crippen LogP) is 4.25. The summed E-state index contributed by atoms with van der Waals surface area (Å²) < 4.78 is 5.05. The third kappa shape index (κ3) is 4.19. The predicted molar refractivity (Wildman–Crippen MR) is 93.3 cm³/mol. The number of benzene rings is 2. The highest BCUT2D eigenvalue weighted by atomic mass is 35.5. The van der Waals surface area contributed by atoms with Gasteiger partial charge in [-0.25, -0.2) is 0 Å². The molecule has 7 heteroatoms. The van der Waals surface area contributed by atoms with Gasteiger partial charge in [-0.1, -0.05) is 23.2 Å². The minimum atomic E-state index is -0.663. The Hall–Kier alpha value is -2.68. The summed E-state index contributed by atoms with van der Waals surface area (Å²) in [6.07, 6.45) is 1.26. The van der Waals surface area contributed by atoms with Gasteiger partial charge in [0.05, 0.1) is 17.8 Å². The molecular weight excluding hydrogens is 351 g/mol. The Kier molecular flexibility index (Phi) is 5.69. The van der Waals surface area contributed by atoms with Gasteiger partial charge in [-0.2, -0.15) is 5.26 Å². The molecule has 0 bridgehead atoms. The van der Waals surface area contributed by atoms with E-state index >= 15 is 0 Å². The van der Waals surface area contributed by atoms with E-state index in [0.717, 1.165) is 0 Å². The van der Waals surface area contributed by atoms with E-state index in [2.05, 4.69) is 5.32 Å². The largest absolute Gasteiger partial charge is 0.507 e. The number of rotatable bonds is 4. The van der Waals surface area contributed by atoms with E-state index in [0.29, 0.717) is 16.5 Å². The lowest BCUT2D eigenvalue weighted by atomic mass is 10.1. The van der Waals surface area contributed by atoms with Crippen molar-refractivity contribution < 1.29 is 14.6 Å². The minimum absolute atomic E-state index is 0.0825. The highest BCUT2D eigenvalue weighted by Gasteiger charge is 2.13. The number of anilines is 1. The highest BCUT2D eigenvalue weighted by Crippen LogP contribution is 2.27. The maximum atomic E-state index is 12.2. The Bertz CT molecular complexity index is 857. The zero-order chi connectivity index (χ0) is 17.7. The fourth-order valence-corrected chi connectivity index (χ4v) is 2.32. The number of phenolic OH excluding ortho intramolecular Hbond substituents is 1. The van der Waals surface area contributed by atoms with Crippen LogP contribution >= 0.6 is 23.2 Å². The van der Waals surface area contributed by atoms with Gasteiger partial charge in [0, 0.05) is 10.6 Å². The van der Waals surface area contributed by atoms with E-state index in [1.165, 1.54) is 37.5 Å². The standard InChI is InChI=1S/C17H12Cl2N2O3/c1-24-13-3-5-16(22)10(7-13)6-11(9-20)17(23)21-15-4-2-12(18)8-14(15)19/h2-8,22H,1H3,(H,21,23)/b11-6+. The molecule has 2 aromatic rings. The molecule has 0 heterocycles. The number of ether oxygens (including phenoxy) is 1. The number of nitrogens with one attached hydrogen (secondary N) is 1. The van der Waals surface area contributed by atoms with Gasteiger partial charge in [-0.05, 0) is 42.5 Å². The number of nitrogens with zero attached hydrogens (tertiary/aromatic N) is 1. The zero-order valence-electron chi connectivity index (χ0n) is 12.5. The van der Waals surface area contributed by atoms with Crippen LogP contribution in [0.15, 0.2) is 42.0 Å². The van der Waals surface area contributed by atoms with Crippen LogP contribution in [-0.4, -0.2) is 18.1 Å². The van der Waals surface area contributed by atoms with Crippen LogP contribution in [0.5, 0.6) is 11.5 Å². The van der Waals surface area contributed by atoms with E-state index in [1.54, 1.807) is 18.2 Å². The molecule has 0 unspecified atom stereocenters. The molecular formula is C17H12Cl2N2O3. The van der Waals surface area contributed by atoms with Crippen molar-refractivity contribution in [1.82, 2.24) is 0 Å². The lowest BCUT2D eigenvalue weighted by Gasteiger charge is -2.07. The number of aromatic hydroxyl groups is 1. The van der Waals surface area contributed by atoms with Gasteiger partial charge in [0.25, 0.3) is 5.91 Å². The number of methoxy groups -OCH3 is 1. The molecule has 0 aliphatic carbocycles. The Morgan fingerprint density at radius 3 is 2.67 bits per heavy atom. The molecule has 2 aromatic carbocycles. The van der Waals surface area contributed by atoms with E-state index in [4.69, 9.17) is 27.9 Å². The molecule has 0 spiro atoms. The number of phenols is 1. The van der Waals surface area contributed by atoms with Crippen LogP contribution in [0.1, 0.15) is 5.56 Å². The van der Waals surface area contributed by atoms with Gasteiger partial charge >= 0.3 is 0 Å². The first-order valence-electron chi connectivity index (χ1n) is 6.70. The smallest absolute Gasteiger partial charge is 0.266 e. The van der Waals surface area contributed by atoms with Crippen LogP contribution in [0.2, 0.25) is 10.0 Å². The molecule has 0 aliphatic rings. The van der Waals surface area contributed by atoms with Crippen molar-refractivity contribution in [3.8, 4) is 17.6 Å². The third-order valence-corrected chi connectivity index (χ3v) is 3.63. The van der Waals surface area contributed by atoms with Crippen molar-refractivity contribution in [2.24, 2.45) is 0 Å². The minimum Gasteiger partial charge on any atom is -0.507 e. The van der Waals surface area contributed by atoms with Gasteiger partial charge in [0.1, 0.15) is 23.1 Å². The molecule has 0 atom stereocenters. The normalized spacial score (nSPS) is 10.8. The van der Waals surface area contributed by atoms with Crippen LogP contribution in [0.25, 0.3) is 6.08 Å². The van der Waals surface area contributed by atoms with Gasteiger partial charge in [-0.15, -0.1) is 0 Å².